The zero-order valence-corrected chi connectivity index (χ0v) is 12.2. The second-order valence-corrected chi connectivity index (χ2v) is 6.10. The minimum absolute atomic E-state index is 0.112. The fourth-order valence-corrected chi connectivity index (χ4v) is 3.40. The van der Waals surface area contributed by atoms with Gasteiger partial charge in [0.1, 0.15) is 0 Å². The molecule has 0 aromatic heterocycles. The van der Waals surface area contributed by atoms with Crippen LogP contribution in [0.3, 0.4) is 0 Å². The molecular weight excluding hydrogens is 268 g/mol. The van der Waals surface area contributed by atoms with Crippen molar-refractivity contribution in [1.29, 1.82) is 0 Å². The van der Waals surface area contributed by atoms with Crippen LogP contribution in [0.2, 0.25) is 0 Å². The molecule has 0 bridgehead atoms. The Morgan fingerprint density at radius 2 is 2.00 bits per heavy atom. The number of hydrogen-bond donors (Lipinski definition) is 1. The van der Waals surface area contributed by atoms with Gasteiger partial charge in [0.15, 0.2) is 0 Å². The number of fused-ring (bicyclic) bond motifs is 1. The van der Waals surface area contributed by atoms with E-state index in [0.29, 0.717) is 19.6 Å². The summed E-state index contributed by atoms with van der Waals surface area (Å²) in [6, 6.07) is 8.24. The van der Waals surface area contributed by atoms with Crippen molar-refractivity contribution < 1.29 is 14.7 Å². The van der Waals surface area contributed by atoms with E-state index in [-0.39, 0.29) is 24.3 Å². The zero-order chi connectivity index (χ0) is 15.0. The highest BCUT2D eigenvalue weighted by atomic mass is 16.4. The molecule has 1 N–H and O–H groups in total. The summed E-state index contributed by atoms with van der Waals surface area (Å²) in [5, 5.41) is 8.74. The van der Waals surface area contributed by atoms with Gasteiger partial charge >= 0.3 is 5.97 Å². The Morgan fingerprint density at radius 1 is 1.29 bits per heavy atom. The predicted molar refractivity (Wildman–Crippen MR) is 79.3 cm³/mol. The highest BCUT2D eigenvalue weighted by Crippen LogP contribution is 2.32. The van der Waals surface area contributed by atoms with Crippen molar-refractivity contribution in [2.24, 2.45) is 5.92 Å². The smallest absolute Gasteiger partial charge is 0.303 e. The normalized spacial score (nSPS) is 22.0. The molecule has 5 heteroatoms. The first-order valence-electron chi connectivity index (χ1n) is 7.38. The lowest BCUT2D eigenvalue weighted by Gasteiger charge is -2.39. The van der Waals surface area contributed by atoms with Crippen molar-refractivity contribution in [3.8, 4) is 0 Å². The second-order valence-electron chi connectivity index (χ2n) is 6.10. The molecule has 112 valence electrons. The molecular formula is C16H20N2O3. The van der Waals surface area contributed by atoms with Crippen LogP contribution in [0, 0.1) is 5.92 Å². The third kappa shape index (κ3) is 2.78. The van der Waals surface area contributed by atoms with Crippen LogP contribution >= 0.6 is 0 Å². The summed E-state index contributed by atoms with van der Waals surface area (Å²) in [5.74, 6) is -0.451. The van der Waals surface area contributed by atoms with Crippen molar-refractivity contribution in [3.63, 3.8) is 0 Å². The number of carbonyl (C=O) groups excluding carboxylic acids is 1. The Balaban J connectivity index is 1.59. The minimum Gasteiger partial charge on any atom is -0.481 e. The molecule has 2 aliphatic rings. The number of nitrogens with zero attached hydrogens (tertiary/aromatic N) is 2. The number of benzene rings is 1. The number of aliphatic carboxylic acids is 1. The summed E-state index contributed by atoms with van der Waals surface area (Å²) >= 11 is 0. The van der Waals surface area contributed by atoms with Gasteiger partial charge in [0, 0.05) is 24.8 Å². The summed E-state index contributed by atoms with van der Waals surface area (Å²) < 4.78 is 0. The van der Waals surface area contributed by atoms with E-state index < -0.39 is 5.97 Å². The van der Waals surface area contributed by atoms with Gasteiger partial charge in [0.2, 0.25) is 5.91 Å². The summed E-state index contributed by atoms with van der Waals surface area (Å²) in [6.07, 6.45) is 1.11. The first-order valence-corrected chi connectivity index (χ1v) is 7.38. The quantitative estimate of drug-likeness (QED) is 0.909. The highest BCUT2D eigenvalue weighted by Gasteiger charge is 2.34. The molecule has 0 radical (unpaired) electrons. The maximum atomic E-state index is 12.5. The van der Waals surface area contributed by atoms with Gasteiger partial charge in [-0.05, 0) is 30.9 Å². The fraction of sp³-hybridized carbons (Fsp3) is 0.500. The average molecular weight is 288 g/mol. The van der Waals surface area contributed by atoms with E-state index in [9.17, 15) is 9.59 Å². The number of likely N-dealkylation sites (tertiary alicyclic amines) is 1. The van der Waals surface area contributed by atoms with Crippen molar-refractivity contribution in [1.82, 2.24) is 4.90 Å². The van der Waals surface area contributed by atoms with Gasteiger partial charge in [-0.2, -0.15) is 0 Å². The third-order valence-corrected chi connectivity index (χ3v) is 4.33. The highest BCUT2D eigenvalue weighted by molar-refractivity contribution is 5.97. The van der Waals surface area contributed by atoms with Crippen LogP contribution in [-0.4, -0.2) is 47.6 Å². The first kappa shape index (κ1) is 14.1. The van der Waals surface area contributed by atoms with Crippen LogP contribution in [0.25, 0.3) is 0 Å². The van der Waals surface area contributed by atoms with Crippen LogP contribution in [0.5, 0.6) is 0 Å². The maximum Gasteiger partial charge on any atom is 0.303 e. The molecule has 3 rings (SSSR count). The van der Waals surface area contributed by atoms with Crippen LogP contribution in [-0.2, 0) is 16.0 Å². The zero-order valence-electron chi connectivity index (χ0n) is 12.2. The number of hydrogen-bond acceptors (Lipinski definition) is 3. The first-order chi connectivity index (χ1) is 10.0. The lowest BCUT2D eigenvalue weighted by molar-refractivity contribution is -0.139. The Morgan fingerprint density at radius 3 is 2.71 bits per heavy atom. The Bertz CT molecular complexity index is 566. The molecule has 0 aliphatic carbocycles. The molecule has 1 amide bonds. The number of carbonyl (C=O) groups is 2. The molecule has 1 unspecified atom stereocenters. The molecule has 1 aromatic rings. The molecule has 1 atom stereocenters. The van der Waals surface area contributed by atoms with E-state index in [1.165, 1.54) is 5.56 Å². The molecule has 5 nitrogen and oxygen atoms in total. The number of rotatable bonds is 4. The number of carboxylic acids is 1. The van der Waals surface area contributed by atoms with Crippen molar-refractivity contribution in [3.05, 3.63) is 29.8 Å². The molecule has 2 aliphatic heterocycles. The predicted octanol–water partition coefficient (Wildman–Crippen LogP) is 1.37. The van der Waals surface area contributed by atoms with E-state index in [1.54, 1.807) is 0 Å². The molecule has 0 spiro atoms. The molecule has 1 fully saturated rings. The lowest BCUT2D eigenvalue weighted by Crippen LogP contribution is -2.52. The number of anilines is 1. The topological polar surface area (TPSA) is 60.9 Å². The summed E-state index contributed by atoms with van der Waals surface area (Å²) in [4.78, 5) is 27.1. The van der Waals surface area contributed by atoms with Gasteiger partial charge in [-0.1, -0.05) is 18.2 Å². The standard InChI is InChI=1S/C16H20N2O3/c1-11-6-13-4-2-3-5-14(13)18(11)15(19)10-17-8-12(9-17)7-16(20)21/h2-5,11-12H,6-10H2,1H3,(H,20,21). The Labute approximate surface area is 124 Å². The number of carboxylic acid groups (broad SMARTS) is 1. The van der Waals surface area contributed by atoms with Crippen molar-refractivity contribution in [2.75, 3.05) is 24.5 Å². The number of para-hydroxylation sites is 1. The van der Waals surface area contributed by atoms with E-state index in [1.807, 2.05) is 28.0 Å². The summed E-state index contributed by atoms with van der Waals surface area (Å²) in [7, 11) is 0. The van der Waals surface area contributed by atoms with Crippen LogP contribution < -0.4 is 4.90 Å². The Hall–Kier alpha value is -1.88. The van der Waals surface area contributed by atoms with Gasteiger partial charge in [0.05, 0.1) is 13.0 Å². The largest absolute Gasteiger partial charge is 0.481 e. The fourth-order valence-electron chi connectivity index (χ4n) is 3.40. The summed E-state index contributed by atoms with van der Waals surface area (Å²) in [6.45, 7) is 3.87. The van der Waals surface area contributed by atoms with E-state index >= 15 is 0 Å². The molecule has 2 heterocycles. The second kappa shape index (κ2) is 5.48. The molecule has 1 saturated heterocycles. The van der Waals surface area contributed by atoms with Crippen molar-refractivity contribution >= 4 is 17.6 Å². The third-order valence-electron chi connectivity index (χ3n) is 4.33. The average Bonchev–Trinajstić information content (AvgIpc) is 2.71. The van der Waals surface area contributed by atoms with Gasteiger partial charge < -0.3 is 10.0 Å². The maximum absolute atomic E-state index is 12.5. The Kier molecular flexibility index (Phi) is 3.68. The molecule has 0 saturated carbocycles. The van der Waals surface area contributed by atoms with E-state index in [4.69, 9.17) is 5.11 Å². The minimum atomic E-state index is -0.756. The van der Waals surface area contributed by atoms with Crippen LogP contribution in [0.4, 0.5) is 5.69 Å². The molecule has 21 heavy (non-hydrogen) atoms. The van der Waals surface area contributed by atoms with Gasteiger partial charge in [-0.15, -0.1) is 0 Å². The van der Waals surface area contributed by atoms with Gasteiger partial charge in [-0.3, -0.25) is 14.5 Å². The van der Waals surface area contributed by atoms with Crippen LogP contribution in [0.1, 0.15) is 18.9 Å². The SMILES string of the molecule is CC1Cc2ccccc2N1C(=O)CN1CC(CC(=O)O)C1. The summed E-state index contributed by atoms with van der Waals surface area (Å²) in [5.41, 5.74) is 2.25. The van der Waals surface area contributed by atoms with Crippen molar-refractivity contribution in [2.45, 2.75) is 25.8 Å². The van der Waals surface area contributed by atoms with Crippen LogP contribution in [0.15, 0.2) is 24.3 Å². The van der Waals surface area contributed by atoms with E-state index in [0.717, 1.165) is 12.1 Å². The van der Waals surface area contributed by atoms with Gasteiger partial charge in [-0.25, -0.2) is 0 Å². The lowest BCUT2D eigenvalue weighted by atomic mass is 9.96. The monoisotopic (exact) mass is 288 g/mol. The molecule has 1 aromatic carbocycles. The van der Waals surface area contributed by atoms with Gasteiger partial charge in [0.25, 0.3) is 0 Å². The van der Waals surface area contributed by atoms with E-state index in [2.05, 4.69) is 13.0 Å². The number of amides is 1.